The lowest BCUT2D eigenvalue weighted by Crippen LogP contribution is -2.32. The second kappa shape index (κ2) is 6.00. The van der Waals surface area contributed by atoms with Gasteiger partial charge in [-0.2, -0.15) is 0 Å². The van der Waals surface area contributed by atoms with E-state index >= 15 is 0 Å². The number of fused-ring (bicyclic) bond motifs is 1. The summed E-state index contributed by atoms with van der Waals surface area (Å²) in [6.45, 7) is 4.08. The molecule has 0 aliphatic carbocycles. The van der Waals surface area contributed by atoms with Crippen LogP contribution in [0.3, 0.4) is 0 Å². The molecule has 1 aliphatic rings. The van der Waals surface area contributed by atoms with Crippen LogP contribution in [0.15, 0.2) is 33.1 Å². The van der Waals surface area contributed by atoms with Crippen molar-refractivity contribution in [1.29, 1.82) is 0 Å². The Kier molecular flexibility index (Phi) is 3.80. The number of carbonyl (C=O) groups is 1. The fraction of sp³-hybridized carbons (Fsp3) is 0.389. The van der Waals surface area contributed by atoms with Gasteiger partial charge in [0.2, 0.25) is 11.8 Å². The van der Waals surface area contributed by atoms with E-state index in [1.807, 2.05) is 31.2 Å². The molecule has 130 valence electrons. The van der Waals surface area contributed by atoms with Crippen LogP contribution in [0.25, 0.3) is 11.0 Å². The Morgan fingerprint density at radius 2 is 2.04 bits per heavy atom. The number of rotatable bonds is 3. The minimum Gasteiger partial charge on any atom is -0.451 e. The van der Waals surface area contributed by atoms with Gasteiger partial charge in [-0.3, -0.25) is 4.79 Å². The first kappa shape index (κ1) is 15.8. The number of benzene rings is 1. The highest BCUT2D eigenvalue weighted by Gasteiger charge is 2.41. The molecule has 1 fully saturated rings. The van der Waals surface area contributed by atoms with Crippen molar-refractivity contribution >= 4 is 16.9 Å². The van der Waals surface area contributed by atoms with E-state index < -0.39 is 0 Å². The molecule has 0 spiro atoms. The molecule has 2 aromatic heterocycles. The van der Waals surface area contributed by atoms with Gasteiger partial charge < -0.3 is 18.5 Å². The number of para-hydroxylation sites is 1. The monoisotopic (exact) mass is 341 g/mol. The number of aromatic nitrogens is 2. The van der Waals surface area contributed by atoms with Gasteiger partial charge in [0.25, 0.3) is 5.91 Å². The summed E-state index contributed by atoms with van der Waals surface area (Å²) in [5.41, 5.74) is 1.54. The Balaban J connectivity index is 1.72. The quantitative estimate of drug-likeness (QED) is 0.728. The van der Waals surface area contributed by atoms with E-state index in [0.29, 0.717) is 36.1 Å². The van der Waals surface area contributed by atoms with Crippen LogP contribution in [0, 0.1) is 13.8 Å². The van der Waals surface area contributed by atoms with Crippen LogP contribution in [0.2, 0.25) is 0 Å². The third kappa shape index (κ3) is 2.60. The topological polar surface area (TPSA) is 81.6 Å². The van der Waals surface area contributed by atoms with Gasteiger partial charge in [-0.15, -0.1) is 10.2 Å². The number of methoxy groups -OCH3 is 1. The van der Waals surface area contributed by atoms with E-state index in [9.17, 15) is 4.79 Å². The number of hydrogen-bond donors (Lipinski definition) is 0. The second-order valence-electron chi connectivity index (χ2n) is 6.28. The number of aryl methyl sites for hydroxylation is 2. The maximum atomic E-state index is 13.2. The summed E-state index contributed by atoms with van der Waals surface area (Å²) in [4.78, 5) is 14.9. The van der Waals surface area contributed by atoms with E-state index in [1.54, 1.807) is 18.9 Å². The van der Waals surface area contributed by atoms with E-state index in [2.05, 4.69) is 10.2 Å². The molecule has 2 atom stereocenters. The normalized spacial score (nSPS) is 20.5. The van der Waals surface area contributed by atoms with Crippen molar-refractivity contribution in [2.45, 2.75) is 32.4 Å². The first-order valence-electron chi connectivity index (χ1n) is 8.20. The molecule has 25 heavy (non-hydrogen) atoms. The van der Waals surface area contributed by atoms with Gasteiger partial charge in [0.05, 0.1) is 6.10 Å². The Bertz CT molecular complexity index is 929. The number of nitrogens with zero attached hydrogens (tertiary/aromatic N) is 3. The van der Waals surface area contributed by atoms with Gasteiger partial charge in [0.15, 0.2) is 5.76 Å². The third-order valence-electron chi connectivity index (χ3n) is 4.72. The molecule has 7 nitrogen and oxygen atoms in total. The predicted octanol–water partition coefficient (Wildman–Crippen LogP) is 3.03. The van der Waals surface area contributed by atoms with Crippen LogP contribution in [-0.4, -0.2) is 40.8 Å². The molecule has 4 rings (SSSR count). The molecule has 1 saturated heterocycles. The summed E-state index contributed by atoms with van der Waals surface area (Å²) in [7, 11) is 1.64. The summed E-state index contributed by atoms with van der Waals surface area (Å²) in [5.74, 6) is 1.07. The maximum Gasteiger partial charge on any atom is 0.290 e. The minimum absolute atomic E-state index is 0.0779. The van der Waals surface area contributed by atoms with Crippen molar-refractivity contribution in [3.05, 3.63) is 47.4 Å². The SMILES string of the molecule is CO[C@H]1C[C@H](c2nnc(C)o2)N(C(=O)c2oc3ccccc3c2C)C1. The lowest BCUT2D eigenvalue weighted by Gasteiger charge is -2.20. The number of amides is 1. The summed E-state index contributed by atoms with van der Waals surface area (Å²) >= 11 is 0. The van der Waals surface area contributed by atoms with E-state index in [-0.39, 0.29) is 18.1 Å². The van der Waals surface area contributed by atoms with E-state index in [0.717, 1.165) is 10.9 Å². The highest BCUT2D eigenvalue weighted by molar-refractivity contribution is 5.99. The molecule has 0 unspecified atom stereocenters. The summed E-state index contributed by atoms with van der Waals surface area (Å²) in [6.07, 6.45) is 0.536. The predicted molar refractivity (Wildman–Crippen MR) is 89.2 cm³/mol. The van der Waals surface area contributed by atoms with Crippen LogP contribution in [0.5, 0.6) is 0 Å². The van der Waals surface area contributed by atoms with Crippen LogP contribution in [0.1, 0.15) is 40.4 Å². The fourth-order valence-electron chi connectivity index (χ4n) is 3.38. The molecule has 3 heterocycles. The molecule has 3 aromatic rings. The summed E-state index contributed by atoms with van der Waals surface area (Å²) < 4.78 is 16.9. The average molecular weight is 341 g/mol. The lowest BCUT2D eigenvalue weighted by molar-refractivity contribution is 0.0645. The molecule has 0 N–H and O–H groups in total. The van der Waals surface area contributed by atoms with Crippen LogP contribution in [-0.2, 0) is 4.74 Å². The molecule has 0 saturated carbocycles. The van der Waals surface area contributed by atoms with Crippen molar-refractivity contribution in [3.8, 4) is 0 Å². The smallest absolute Gasteiger partial charge is 0.290 e. The number of furan rings is 1. The van der Waals surface area contributed by atoms with Gasteiger partial charge in [-0.25, -0.2) is 0 Å². The molecule has 1 aliphatic heterocycles. The molecule has 7 heteroatoms. The standard InChI is InChI=1S/C18H19N3O4/c1-10-13-6-4-5-7-15(13)25-16(10)18(22)21-9-12(23-3)8-14(21)17-20-19-11(2)24-17/h4-7,12,14H,8-9H2,1-3H3/t12-,14+/m0/s1. The van der Waals surface area contributed by atoms with Gasteiger partial charge in [-0.05, 0) is 13.0 Å². The molecule has 1 aromatic carbocycles. The fourth-order valence-corrected chi connectivity index (χ4v) is 3.38. The highest BCUT2D eigenvalue weighted by Crippen LogP contribution is 2.35. The number of ether oxygens (including phenoxy) is 1. The Morgan fingerprint density at radius 1 is 1.24 bits per heavy atom. The van der Waals surface area contributed by atoms with Crippen LogP contribution in [0.4, 0.5) is 0 Å². The Hall–Kier alpha value is -2.67. The zero-order chi connectivity index (χ0) is 17.6. The van der Waals surface area contributed by atoms with Gasteiger partial charge in [0.1, 0.15) is 11.6 Å². The first-order valence-corrected chi connectivity index (χ1v) is 8.20. The first-order chi connectivity index (χ1) is 12.1. The van der Waals surface area contributed by atoms with Crippen LogP contribution >= 0.6 is 0 Å². The zero-order valence-electron chi connectivity index (χ0n) is 14.4. The van der Waals surface area contributed by atoms with E-state index in [1.165, 1.54) is 0 Å². The molecule has 0 bridgehead atoms. The van der Waals surface area contributed by atoms with Crippen molar-refractivity contribution in [2.75, 3.05) is 13.7 Å². The number of carbonyl (C=O) groups excluding carboxylic acids is 1. The van der Waals surface area contributed by atoms with Crippen molar-refractivity contribution < 1.29 is 18.4 Å². The lowest BCUT2D eigenvalue weighted by atomic mass is 10.1. The molecular weight excluding hydrogens is 322 g/mol. The zero-order valence-corrected chi connectivity index (χ0v) is 14.4. The average Bonchev–Trinajstić information content (AvgIpc) is 3.31. The molecular formula is C18H19N3O4. The Morgan fingerprint density at radius 3 is 2.72 bits per heavy atom. The highest BCUT2D eigenvalue weighted by atomic mass is 16.5. The second-order valence-corrected chi connectivity index (χ2v) is 6.28. The van der Waals surface area contributed by atoms with Crippen molar-refractivity contribution in [1.82, 2.24) is 15.1 Å². The van der Waals surface area contributed by atoms with Gasteiger partial charge >= 0.3 is 0 Å². The minimum atomic E-state index is -0.314. The van der Waals surface area contributed by atoms with Crippen molar-refractivity contribution in [2.24, 2.45) is 0 Å². The number of likely N-dealkylation sites (tertiary alicyclic amines) is 1. The van der Waals surface area contributed by atoms with E-state index in [4.69, 9.17) is 13.6 Å². The van der Waals surface area contributed by atoms with Gasteiger partial charge in [0, 0.05) is 37.9 Å². The van der Waals surface area contributed by atoms with Crippen LogP contribution < -0.4 is 0 Å². The van der Waals surface area contributed by atoms with Crippen molar-refractivity contribution in [3.63, 3.8) is 0 Å². The maximum absolute atomic E-state index is 13.2. The molecule has 0 radical (unpaired) electrons. The Labute approximate surface area is 144 Å². The largest absolute Gasteiger partial charge is 0.451 e. The number of hydrogen-bond acceptors (Lipinski definition) is 6. The molecule has 1 amide bonds. The third-order valence-corrected chi connectivity index (χ3v) is 4.72. The summed E-state index contributed by atoms with van der Waals surface area (Å²) in [6, 6.07) is 7.32. The summed E-state index contributed by atoms with van der Waals surface area (Å²) in [5, 5.41) is 8.92. The van der Waals surface area contributed by atoms with Gasteiger partial charge in [-0.1, -0.05) is 18.2 Å².